The summed E-state index contributed by atoms with van der Waals surface area (Å²) in [6, 6.07) is 13.8. The average molecular weight is 354 g/mol. The van der Waals surface area contributed by atoms with Crippen LogP contribution in [0.5, 0.6) is 11.5 Å². The maximum atomic E-state index is 13.0. The van der Waals surface area contributed by atoms with Gasteiger partial charge in [0.1, 0.15) is 11.5 Å². The van der Waals surface area contributed by atoms with E-state index < -0.39 is 5.72 Å². The molecule has 0 fully saturated rings. The molecule has 0 bridgehead atoms. The van der Waals surface area contributed by atoms with Crippen LogP contribution in [0, 0.1) is 0 Å². The van der Waals surface area contributed by atoms with Crippen LogP contribution in [-0.2, 0) is 5.72 Å². The van der Waals surface area contributed by atoms with Crippen LogP contribution in [0.15, 0.2) is 53.6 Å². The van der Waals surface area contributed by atoms with Crippen LogP contribution in [0.2, 0.25) is 0 Å². The second-order valence-corrected chi connectivity index (χ2v) is 6.09. The van der Waals surface area contributed by atoms with Crippen LogP contribution in [0.1, 0.15) is 35.7 Å². The Balaban J connectivity index is 2.00. The second kappa shape index (κ2) is 7.17. The van der Waals surface area contributed by atoms with Crippen molar-refractivity contribution >= 4 is 11.6 Å². The van der Waals surface area contributed by atoms with Crippen molar-refractivity contribution in [2.45, 2.75) is 25.5 Å². The molecule has 0 unspecified atom stereocenters. The number of hydrogen-bond acceptors (Lipinski definition) is 5. The molecule has 136 valence electrons. The van der Waals surface area contributed by atoms with Crippen LogP contribution < -0.4 is 9.47 Å². The summed E-state index contributed by atoms with van der Waals surface area (Å²) in [4.78, 5) is 13.0. The molecule has 26 heavy (non-hydrogen) atoms. The van der Waals surface area contributed by atoms with Crippen LogP contribution in [0.25, 0.3) is 0 Å². The Hall–Kier alpha value is -2.86. The first-order chi connectivity index (χ1) is 12.5. The van der Waals surface area contributed by atoms with Crippen molar-refractivity contribution in [1.29, 1.82) is 0 Å². The molecule has 2 aromatic rings. The number of methoxy groups -OCH3 is 2. The van der Waals surface area contributed by atoms with Crippen molar-refractivity contribution in [2.24, 2.45) is 5.10 Å². The fourth-order valence-corrected chi connectivity index (χ4v) is 2.98. The van der Waals surface area contributed by atoms with Gasteiger partial charge < -0.3 is 14.6 Å². The number of ether oxygens (including phenoxy) is 2. The molecule has 1 amide bonds. The highest BCUT2D eigenvalue weighted by Crippen LogP contribution is 2.38. The highest BCUT2D eigenvalue weighted by Gasteiger charge is 2.45. The van der Waals surface area contributed by atoms with E-state index in [4.69, 9.17) is 9.47 Å². The summed E-state index contributed by atoms with van der Waals surface area (Å²) in [5, 5.41) is 16.9. The molecule has 0 spiro atoms. The molecule has 6 heteroatoms. The number of nitrogens with zero attached hydrogens (tertiary/aromatic N) is 2. The number of aliphatic hydroxyl groups is 1. The minimum Gasteiger partial charge on any atom is -0.497 e. The lowest BCUT2D eigenvalue weighted by Gasteiger charge is -2.31. The molecule has 2 aromatic carbocycles. The molecular formula is C20H22N2O4. The van der Waals surface area contributed by atoms with Crippen LogP contribution in [-0.4, -0.2) is 36.0 Å². The lowest BCUT2D eigenvalue weighted by molar-refractivity contribution is -0.0766. The zero-order valence-corrected chi connectivity index (χ0v) is 15.1. The SMILES string of the molecule is CCC1=NN(C(=O)c2ccc(OC)cc2)[C@](O)(c2cccc(OC)c2)C1. The van der Waals surface area contributed by atoms with Crippen LogP contribution in [0.3, 0.4) is 0 Å². The molecule has 0 radical (unpaired) electrons. The van der Waals surface area contributed by atoms with Gasteiger partial charge in [-0.15, -0.1) is 0 Å². The Bertz CT molecular complexity index is 832. The maximum Gasteiger partial charge on any atom is 0.276 e. The second-order valence-electron chi connectivity index (χ2n) is 6.09. The number of hydrogen-bond donors (Lipinski definition) is 1. The van der Waals surface area contributed by atoms with Gasteiger partial charge in [0, 0.05) is 23.3 Å². The van der Waals surface area contributed by atoms with E-state index >= 15 is 0 Å². The van der Waals surface area contributed by atoms with Gasteiger partial charge in [-0.25, -0.2) is 0 Å². The molecule has 1 atom stereocenters. The summed E-state index contributed by atoms with van der Waals surface area (Å²) in [5.74, 6) is 0.892. The predicted octanol–water partition coefficient (Wildman–Crippen LogP) is 3.16. The number of hydrazone groups is 1. The van der Waals surface area contributed by atoms with Crippen molar-refractivity contribution < 1.29 is 19.4 Å². The smallest absolute Gasteiger partial charge is 0.276 e. The van der Waals surface area contributed by atoms with E-state index in [9.17, 15) is 9.90 Å². The zero-order chi connectivity index (χ0) is 18.7. The number of carbonyl (C=O) groups is 1. The molecule has 0 aliphatic carbocycles. The summed E-state index contributed by atoms with van der Waals surface area (Å²) in [5.41, 5.74) is 0.202. The number of rotatable bonds is 5. The van der Waals surface area contributed by atoms with Gasteiger partial charge in [-0.05, 0) is 42.8 Å². The molecule has 1 aliphatic rings. The van der Waals surface area contributed by atoms with Crippen molar-refractivity contribution in [3.63, 3.8) is 0 Å². The largest absolute Gasteiger partial charge is 0.497 e. The first-order valence-corrected chi connectivity index (χ1v) is 8.43. The maximum absolute atomic E-state index is 13.0. The summed E-state index contributed by atoms with van der Waals surface area (Å²) in [6.45, 7) is 1.95. The Labute approximate surface area is 152 Å². The lowest BCUT2D eigenvalue weighted by atomic mass is 9.96. The van der Waals surface area contributed by atoms with Crippen molar-refractivity contribution in [1.82, 2.24) is 5.01 Å². The van der Waals surface area contributed by atoms with E-state index in [-0.39, 0.29) is 12.3 Å². The number of carbonyl (C=O) groups excluding carboxylic acids is 1. The van der Waals surface area contributed by atoms with E-state index in [1.165, 1.54) is 5.01 Å². The third-order valence-corrected chi connectivity index (χ3v) is 4.51. The molecule has 1 heterocycles. The molecule has 1 aliphatic heterocycles. The fourth-order valence-electron chi connectivity index (χ4n) is 2.98. The van der Waals surface area contributed by atoms with Gasteiger partial charge in [0.05, 0.1) is 14.2 Å². The highest BCUT2D eigenvalue weighted by atomic mass is 16.5. The molecule has 3 rings (SSSR count). The third-order valence-electron chi connectivity index (χ3n) is 4.51. The van der Waals surface area contributed by atoms with E-state index in [1.807, 2.05) is 6.92 Å². The number of amides is 1. The average Bonchev–Trinajstić information content (AvgIpc) is 3.05. The molecular weight excluding hydrogens is 332 g/mol. The molecule has 0 saturated heterocycles. The van der Waals surface area contributed by atoms with Gasteiger partial charge in [-0.1, -0.05) is 19.1 Å². The summed E-state index contributed by atoms with van der Waals surface area (Å²) in [6.07, 6.45) is 0.914. The van der Waals surface area contributed by atoms with Crippen LogP contribution >= 0.6 is 0 Å². The Morgan fingerprint density at radius 1 is 1.15 bits per heavy atom. The fraction of sp³-hybridized carbons (Fsp3) is 0.300. The third kappa shape index (κ3) is 3.15. The van der Waals surface area contributed by atoms with Crippen molar-refractivity contribution in [3.05, 3.63) is 59.7 Å². The molecule has 0 aromatic heterocycles. The van der Waals surface area contributed by atoms with Gasteiger partial charge in [0.2, 0.25) is 0 Å². The monoisotopic (exact) mass is 354 g/mol. The van der Waals surface area contributed by atoms with Crippen molar-refractivity contribution in [2.75, 3.05) is 14.2 Å². The van der Waals surface area contributed by atoms with Gasteiger partial charge in [-0.3, -0.25) is 4.79 Å². The van der Waals surface area contributed by atoms with Gasteiger partial charge in [-0.2, -0.15) is 10.1 Å². The van der Waals surface area contributed by atoms with E-state index in [0.29, 0.717) is 29.0 Å². The first kappa shape index (κ1) is 17.9. The Kier molecular flexibility index (Phi) is 4.95. The minimum absolute atomic E-state index is 0.262. The Morgan fingerprint density at radius 2 is 1.85 bits per heavy atom. The summed E-state index contributed by atoms with van der Waals surface area (Å²) < 4.78 is 10.4. The van der Waals surface area contributed by atoms with Gasteiger partial charge in [0.15, 0.2) is 5.72 Å². The summed E-state index contributed by atoms with van der Waals surface area (Å²) >= 11 is 0. The van der Waals surface area contributed by atoms with Gasteiger partial charge in [0.25, 0.3) is 5.91 Å². The van der Waals surface area contributed by atoms with Gasteiger partial charge >= 0.3 is 0 Å². The molecule has 6 nitrogen and oxygen atoms in total. The first-order valence-electron chi connectivity index (χ1n) is 8.43. The zero-order valence-electron chi connectivity index (χ0n) is 15.1. The topological polar surface area (TPSA) is 71.4 Å². The predicted molar refractivity (Wildman–Crippen MR) is 98.4 cm³/mol. The van der Waals surface area contributed by atoms with Crippen molar-refractivity contribution in [3.8, 4) is 11.5 Å². The number of benzene rings is 2. The highest BCUT2D eigenvalue weighted by molar-refractivity contribution is 5.98. The minimum atomic E-state index is -1.54. The van der Waals surface area contributed by atoms with E-state index in [1.54, 1.807) is 62.8 Å². The van der Waals surface area contributed by atoms with Crippen LogP contribution in [0.4, 0.5) is 0 Å². The van der Waals surface area contributed by atoms with E-state index in [2.05, 4.69) is 5.10 Å². The summed E-state index contributed by atoms with van der Waals surface area (Å²) in [7, 11) is 3.13. The molecule has 0 saturated carbocycles. The normalized spacial score (nSPS) is 19.2. The molecule has 1 N–H and O–H groups in total. The Morgan fingerprint density at radius 3 is 2.46 bits per heavy atom. The quantitative estimate of drug-likeness (QED) is 0.895. The lowest BCUT2D eigenvalue weighted by Crippen LogP contribution is -2.43. The standard InChI is InChI=1S/C20H22N2O4/c1-4-16-13-20(24,15-6-5-7-18(12-15)26-3)22(21-16)19(23)14-8-10-17(25-2)11-9-14/h5-12,24H,4,13H2,1-3H3/t20-/m1/s1. The van der Waals surface area contributed by atoms with E-state index in [0.717, 1.165) is 5.71 Å².